The SMILES string of the molecule is c1ccc(N(c2ccc3ccccc3c2)c2cc3c4ccccc4c(N(c4ccccc4)c4ccc5ccccc5c4)cc3c3ccccc23)cc1. The molecule has 0 N–H and O–H groups in total. The number of nitrogens with zero attached hydrogens (tertiary/aromatic N) is 2. The normalized spacial score (nSPS) is 11.5. The molecule has 0 atom stereocenters. The predicted octanol–water partition coefficient (Wildman–Crippen LogP) is 14.4. The van der Waals surface area contributed by atoms with E-state index in [9.17, 15) is 0 Å². The van der Waals surface area contributed by atoms with Gasteiger partial charge in [0.15, 0.2) is 0 Å². The maximum atomic E-state index is 2.42. The molecule has 10 aromatic carbocycles. The molecule has 0 aromatic heterocycles. The van der Waals surface area contributed by atoms with Crippen molar-refractivity contribution >= 4 is 88.0 Å². The van der Waals surface area contributed by atoms with Crippen molar-refractivity contribution in [3.63, 3.8) is 0 Å². The molecule has 10 aromatic rings. The van der Waals surface area contributed by atoms with Gasteiger partial charge in [-0.15, -0.1) is 0 Å². The van der Waals surface area contributed by atoms with Gasteiger partial charge in [-0.05, 0) is 104 Å². The van der Waals surface area contributed by atoms with E-state index in [1.54, 1.807) is 0 Å². The quantitative estimate of drug-likeness (QED) is 0.164. The molecular formula is C50H34N2. The smallest absolute Gasteiger partial charge is 0.0546 e. The fraction of sp³-hybridized carbons (Fsp3) is 0. The van der Waals surface area contributed by atoms with Crippen LogP contribution in [-0.2, 0) is 0 Å². The average Bonchev–Trinajstić information content (AvgIpc) is 3.22. The Morgan fingerprint density at radius 1 is 0.212 bits per heavy atom. The van der Waals surface area contributed by atoms with Crippen LogP contribution in [0.5, 0.6) is 0 Å². The van der Waals surface area contributed by atoms with Crippen LogP contribution in [0, 0.1) is 0 Å². The summed E-state index contributed by atoms with van der Waals surface area (Å²) in [5.74, 6) is 0. The molecular weight excluding hydrogens is 629 g/mol. The summed E-state index contributed by atoms with van der Waals surface area (Å²) in [5.41, 5.74) is 6.79. The summed E-state index contributed by atoms with van der Waals surface area (Å²) in [7, 11) is 0. The topological polar surface area (TPSA) is 6.48 Å². The molecule has 0 aliphatic rings. The third-order valence-electron chi connectivity index (χ3n) is 10.3. The molecule has 0 amide bonds. The van der Waals surface area contributed by atoms with Gasteiger partial charge in [-0.1, -0.05) is 146 Å². The number of para-hydroxylation sites is 2. The zero-order valence-electron chi connectivity index (χ0n) is 28.5. The van der Waals surface area contributed by atoms with E-state index in [0.29, 0.717) is 0 Å². The van der Waals surface area contributed by atoms with E-state index in [1.165, 1.54) is 53.9 Å². The Morgan fingerprint density at radius 3 is 0.981 bits per heavy atom. The second-order valence-electron chi connectivity index (χ2n) is 13.4. The summed E-state index contributed by atoms with van der Waals surface area (Å²) >= 11 is 0. The Bertz CT molecular complexity index is 2710. The second-order valence-corrected chi connectivity index (χ2v) is 13.4. The lowest BCUT2D eigenvalue weighted by Gasteiger charge is -2.30. The molecule has 0 aliphatic carbocycles. The minimum Gasteiger partial charge on any atom is -0.310 e. The summed E-state index contributed by atoms with van der Waals surface area (Å²) < 4.78 is 0. The molecule has 0 unspecified atom stereocenters. The van der Waals surface area contributed by atoms with Crippen molar-refractivity contribution in [2.45, 2.75) is 0 Å². The maximum Gasteiger partial charge on any atom is 0.0546 e. The lowest BCUT2D eigenvalue weighted by molar-refractivity contribution is 1.30. The molecule has 52 heavy (non-hydrogen) atoms. The van der Waals surface area contributed by atoms with Crippen molar-refractivity contribution in [2.24, 2.45) is 0 Å². The van der Waals surface area contributed by atoms with Crippen molar-refractivity contribution < 1.29 is 0 Å². The molecule has 0 radical (unpaired) electrons. The first kappa shape index (κ1) is 30.0. The molecule has 2 heteroatoms. The van der Waals surface area contributed by atoms with E-state index in [-0.39, 0.29) is 0 Å². The third-order valence-corrected chi connectivity index (χ3v) is 10.3. The van der Waals surface area contributed by atoms with Crippen LogP contribution in [-0.4, -0.2) is 0 Å². The van der Waals surface area contributed by atoms with Crippen LogP contribution < -0.4 is 9.80 Å². The Kier molecular flexibility index (Phi) is 7.18. The van der Waals surface area contributed by atoms with Crippen molar-refractivity contribution in [3.05, 3.63) is 206 Å². The number of anilines is 6. The molecule has 0 heterocycles. The number of benzene rings is 10. The van der Waals surface area contributed by atoms with Crippen molar-refractivity contribution in [2.75, 3.05) is 9.80 Å². The highest BCUT2D eigenvalue weighted by molar-refractivity contribution is 6.24. The van der Waals surface area contributed by atoms with E-state index >= 15 is 0 Å². The van der Waals surface area contributed by atoms with E-state index in [1.807, 2.05) is 0 Å². The summed E-state index contributed by atoms with van der Waals surface area (Å²) in [6.07, 6.45) is 0. The fourth-order valence-electron chi connectivity index (χ4n) is 7.92. The van der Waals surface area contributed by atoms with E-state index in [2.05, 4.69) is 216 Å². The predicted molar refractivity (Wildman–Crippen MR) is 223 cm³/mol. The van der Waals surface area contributed by atoms with Crippen LogP contribution in [0.1, 0.15) is 0 Å². The Morgan fingerprint density at radius 2 is 0.558 bits per heavy atom. The van der Waals surface area contributed by atoms with Crippen molar-refractivity contribution in [1.29, 1.82) is 0 Å². The summed E-state index contributed by atoms with van der Waals surface area (Å²) in [6.45, 7) is 0. The lowest BCUT2D eigenvalue weighted by atomic mass is 9.93. The average molecular weight is 663 g/mol. The van der Waals surface area contributed by atoms with Gasteiger partial charge in [0.1, 0.15) is 0 Å². The van der Waals surface area contributed by atoms with Gasteiger partial charge in [0, 0.05) is 33.5 Å². The molecule has 0 fully saturated rings. The van der Waals surface area contributed by atoms with Crippen molar-refractivity contribution in [3.8, 4) is 0 Å². The van der Waals surface area contributed by atoms with Gasteiger partial charge >= 0.3 is 0 Å². The molecule has 2 nitrogen and oxygen atoms in total. The van der Waals surface area contributed by atoms with Crippen molar-refractivity contribution in [1.82, 2.24) is 0 Å². The molecule has 0 saturated heterocycles. The van der Waals surface area contributed by atoms with Crippen LogP contribution in [0.25, 0.3) is 53.9 Å². The number of hydrogen-bond donors (Lipinski definition) is 0. The largest absolute Gasteiger partial charge is 0.310 e. The first-order valence-corrected chi connectivity index (χ1v) is 17.9. The van der Waals surface area contributed by atoms with Crippen LogP contribution >= 0.6 is 0 Å². The first-order chi connectivity index (χ1) is 25.8. The monoisotopic (exact) mass is 662 g/mol. The number of fused-ring (bicyclic) bond motifs is 7. The van der Waals surface area contributed by atoms with Gasteiger partial charge in [-0.25, -0.2) is 0 Å². The summed E-state index contributed by atoms with van der Waals surface area (Å²) in [4.78, 5) is 4.84. The lowest BCUT2D eigenvalue weighted by Crippen LogP contribution is -2.12. The summed E-state index contributed by atoms with van der Waals surface area (Å²) in [5, 5.41) is 12.2. The highest BCUT2D eigenvalue weighted by Gasteiger charge is 2.22. The van der Waals surface area contributed by atoms with Gasteiger partial charge in [-0.2, -0.15) is 0 Å². The Labute approximate surface area is 303 Å². The zero-order valence-corrected chi connectivity index (χ0v) is 28.5. The van der Waals surface area contributed by atoms with E-state index < -0.39 is 0 Å². The van der Waals surface area contributed by atoms with Crippen LogP contribution in [0.4, 0.5) is 34.1 Å². The van der Waals surface area contributed by atoms with Gasteiger partial charge in [0.2, 0.25) is 0 Å². The highest BCUT2D eigenvalue weighted by atomic mass is 15.1. The summed E-state index contributed by atoms with van der Waals surface area (Å²) in [6, 6.07) is 74.9. The minimum atomic E-state index is 1.12. The first-order valence-electron chi connectivity index (χ1n) is 17.9. The van der Waals surface area contributed by atoms with Gasteiger partial charge in [0.25, 0.3) is 0 Å². The number of rotatable bonds is 6. The van der Waals surface area contributed by atoms with Gasteiger partial charge in [-0.3, -0.25) is 0 Å². The van der Waals surface area contributed by atoms with E-state index in [0.717, 1.165) is 34.1 Å². The number of hydrogen-bond acceptors (Lipinski definition) is 2. The van der Waals surface area contributed by atoms with Gasteiger partial charge in [0.05, 0.1) is 11.4 Å². The van der Waals surface area contributed by atoms with Crippen LogP contribution in [0.15, 0.2) is 206 Å². The molecule has 244 valence electrons. The molecule has 0 aliphatic heterocycles. The fourth-order valence-corrected chi connectivity index (χ4v) is 7.92. The van der Waals surface area contributed by atoms with Gasteiger partial charge < -0.3 is 9.80 Å². The second kappa shape index (κ2) is 12.5. The van der Waals surface area contributed by atoms with E-state index in [4.69, 9.17) is 0 Å². The highest BCUT2D eigenvalue weighted by Crippen LogP contribution is 2.48. The molecule has 10 rings (SSSR count). The standard InChI is InChI=1S/C50H34N2/c1-3-19-39(20-4-1)51(41-29-27-35-15-7-9-17-37(35)31-41)49-33-47-44-24-12-14-26-46(44)50(34-48(47)43-23-11-13-25-45(43)49)52(40-21-5-2-6-22-40)42-30-28-36-16-8-10-18-38(36)32-42/h1-34H. The minimum absolute atomic E-state index is 1.12. The zero-order chi connectivity index (χ0) is 34.4. The Hall–Kier alpha value is -6.90. The van der Waals surface area contributed by atoms with Crippen LogP contribution in [0.2, 0.25) is 0 Å². The molecule has 0 bridgehead atoms. The Balaban J connectivity index is 1.28. The third kappa shape index (κ3) is 5.04. The van der Waals surface area contributed by atoms with Crippen LogP contribution in [0.3, 0.4) is 0 Å². The molecule has 0 spiro atoms. The maximum absolute atomic E-state index is 2.42. The molecule has 0 saturated carbocycles.